The molecular weight excluding hydrogens is 673 g/mol. The first-order valence-corrected chi connectivity index (χ1v) is 20.5. The molecule has 0 bridgehead atoms. The molecule has 0 amide bonds. The maximum atomic E-state index is 3.55. The molecule has 1 aromatic heterocycles. The van der Waals surface area contributed by atoms with Crippen LogP contribution < -0.4 is 20.5 Å². The number of rotatable bonds is 19. The molecule has 3 N–H and O–H groups in total. The topological polar surface area (TPSA) is 40.0 Å². The molecule has 5 aromatic rings. The number of pyridine rings is 1. The highest BCUT2D eigenvalue weighted by molar-refractivity contribution is 8.76. The van der Waals surface area contributed by atoms with E-state index in [-0.39, 0.29) is 0 Å². The predicted octanol–water partition coefficient (Wildman–Crippen LogP) is 11.1. The number of allylic oxidation sites excluding steroid dienone is 5. The number of aryl methyl sites for hydroxylation is 1. The first-order chi connectivity index (χ1) is 25.5. The molecule has 0 spiro atoms. The molecule has 52 heavy (non-hydrogen) atoms. The van der Waals surface area contributed by atoms with Crippen molar-refractivity contribution in [2.24, 2.45) is 0 Å². The second-order valence-corrected chi connectivity index (χ2v) is 15.3. The van der Waals surface area contributed by atoms with E-state index >= 15 is 0 Å². The Balaban J connectivity index is 0.930. The Morgan fingerprint density at radius 2 is 1.21 bits per heavy atom. The number of nitrogens with one attached hydrogen (secondary N) is 3. The molecule has 0 saturated heterocycles. The molecule has 1 heterocycles. The predicted molar refractivity (Wildman–Crippen MR) is 230 cm³/mol. The maximum absolute atomic E-state index is 3.55. The van der Waals surface area contributed by atoms with Gasteiger partial charge in [0.25, 0.3) is 0 Å². The largest absolute Gasteiger partial charge is 0.384 e. The van der Waals surface area contributed by atoms with E-state index in [1.54, 1.807) is 0 Å². The summed E-state index contributed by atoms with van der Waals surface area (Å²) in [6, 6.07) is 42.8. The van der Waals surface area contributed by atoms with Crippen molar-refractivity contribution >= 4 is 51.2 Å². The number of benzene rings is 4. The smallest absolute Gasteiger partial charge is 0.179 e. The van der Waals surface area contributed by atoms with Gasteiger partial charge in [0.15, 0.2) is 18.4 Å². The van der Waals surface area contributed by atoms with Crippen LogP contribution in [0.5, 0.6) is 0 Å². The quantitative estimate of drug-likeness (QED) is 0.0342. The zero-order valence-electron chi connectivity index (χ0n) is 30.6. The van der Waals surface area contributed by atoms with Crippen molar-refractivity contribution in [1.29, 1.82) is 0 Å². The van der Waals surface area contributed by atoms with Crippen LogP contribution >= 0.6 is 21.6 Å². The van der Waals surface area contributed by atoms with Crippen LogP contribution in [0.15, 0.2) is 157 Å². The minimum atomic E-state index is 0.827. The standard InChI is InChI=1S/C46H50N4S2/c1-4-39(33-37(2)49-35-43-11-7-5-8-12-43)15-16-40-19-23-45(24-20-40)47-28-31-51-52-32-29-48-46-25-21-41(22-26-46)17-18-42-27-30-50(38(3)34-42)36-44-13-9-6-10-14-44/h4-27,30,33-34,47,49H,28-29,31-32,35-36H2,1-3H3/p+1/b16-15+,37-33-,39-4-. The summed E-state index contributed by atoms with van der Waals surface area (Å²) in [5, 5.41) is 10.6. The molecule has 0 fully saturated rings. The van der Waals surface area contributed by atoms with Crippen LogP contribution in [-0.4, -0.2) is 24.6 Å². The van der Waals surface area contributed by atoms with Gasteiger partial charge in [-0.15, -0.1) is 0 Å². The number of aromatic nitrogens is 1. The van der Waals surface area contributed by atoms with Crippen molar-refractivity contribution in [2.75, 3.05) is 35.2 Å². The van der Waals surface area contributed by atoms with Gasteiger partial charge >= 0.3 is 0 Å². The number of hydrogen-bond donors (Lipinski definition) is 3. The zero-order chi connectivity index (χ0) is 36.2. The van der Waals surface area contributed by atoms with Gasteiger partial charge in [-0.2, -0.15) is 4.57 Å². The van der Waals surface area contributed by atoms with Crippen LogP contribution in [0.2, 0.25) is 0 Å². The summed E-state index contributed by atoms with van der Waals surface area (Å²) in [6.07, 6.45) is 15.2. The zero-order valence-corrected chi connectivity index (χ0v) is 32.2. The van der Waals surface area contributed by atoms with Crippen LogP contribution in [0.25, 0.3) is 18.2 Å². The summed E-state index contributed by atoms with van der Waals surface area (Å²) in [5.74, 6) is 2.10. The summed E-state index contributed by atoms with van der Waals surface area (Å²) in [7, 11) is 3.83. The van der Waals surface area contributed by atoms with Gasteiger partial charge in [-0.25, -0.2) is 0 Å². The third kappa shape index (κ3) is 13.7. The summed E-state index contributed by atoms with van der Waals surface area (Å²) < 4.78 is 2.29. The van der Waals surface area contributed by atoms with Crippen molar-refractivity contribution in [3.8, 4) is 0 Å². The van der Waals surface area contributed by atoms with Gasteiger partial charge in [-0.1, -0.05) is 137 Å². The monoisotopic (exact) mass is 723 g/mol. The Morgan fingerprint density at radius 1 is 0.654 bits per heavy atom. The lowest BCUT2D eigenvalue weighted by Crippen LogP contribution is -2.37. The Kier molecular flexibility index (Phi) is 15.8. The van der Waals surface area contributed by atoms with Gasteiger partial charge < -0.3 is 16.0 Å². The molecule has 0 unspecified atom stereocenters. The summed E-state index contributed by atoms with van der Waals surface area (Å²) >= 11 is 0. The molecule has 0 atom stereocenters. The van der Waals surface area contributed by atoms with Gasteiger partial charge in [0.1, 0.15) is 0 Å². The average Bonchev–Trinajstić information content (AvgIpc) is 3.18. The van der Waals surface area contributed by atoms with E-state index in [0.717, 1.165) is 54.8 Å². The molecule has 0 aliphatic heterocycles. The molecule has 4 aromatic carbocycles. The van der Waals surface area contributed by atoms with Crippen molar-refractivity contribution in [1.82, 2.24) is 5.32 Å². The highest BCUT2D eigenvalue weighted by Gasteiger charge is 2.07. The minimum absolute atomic E-state index is 0.827. The lowest BCUT2D eigenvalue weighted by atomic mass is 10.1. The van der Waals surface area contributed by atoms with Crippen LogP contribution in [0.4, 0.5) is 11.4 Å². The van der Waals surface area contributed by atoms with E-state index in [9.17, 15) is 0 Å². The van der Waals surface area contributed by atoms with E-state index in [0.29, 0.717) is 0 Å². The molecule has 0 saturated carbocycles. The van der Waals surface area contributed by atoms with E-state index < -0.39 is 0 Å². The first kappa shape index (κ1) is 38.3. The van der Waals surface area contributed by atoms with Crippen molar-refractivity contribution in [2.45, 2.75) is 33.9 Å². The van der Waals surface area contributed by atoms with E-state index in [4.69, 9.17) is 0 Å². The van der Waals surface area contributed by atoms with E-state index in [1.165, 1.54) is 39.1 Å². The summed E-state index contributed by atoms with van der Waals surface area (Å²) in [5.41, 5.74) is 12.1. The molecule has 0 radical (unpaired) electrons. The normalized spacial score (nSPS) is 12.1. The third-order valence-corrected chi connectivity index (χ3v) is 10.9. The van der Waals surface area contributed by atoms with Crippen molar-refractivity contribution in [3.05, 3.63) is 191 Å². The number of hydrogen-bond acceptors (Lipinski definition) is 5. The van der Waals surface area contributed by atoms with Gasteiger partial charge in [0.2, 0.25) is 0 Å². The van der Waals surface area contributed by atoms with Gasteiger partial charge in [-0.3, -0.25) is 0 Å². The molecule has 5 rings (SSSR count). The molecule has 0 aliphatic rings. The Morgan fingerprint density at radius 3 is 1.79 bits per heavy atom. The maximum Gasteiger partial charge on any atom is 0.179 e. The Hall–Kier alpha value is -4.91. The number of anilines is 2. The first-order valence-electron chi connectivity index (χ1n) is 18.0. The van der Waals surface area contributed by atoms with Crippen LogP contribution in [0, 0.1) is 6.92 Å². The fourth-order valence-electron chi connectivity index (χ4n) is 5.49. The highest BCUT2D eigenvalue weighted by atomic mass is 33.1. The second-order valence-electron chi connectivity index (χ2n) is 12.6. The van der Waals surface area contributed by atoms with Crippen LogP contribution in [0.1, 0.15) is 47.4 Å². The SMILES string of the molecule is C/C=C(\C=C(\C)NCc1ccccc1)/C=C/c1ccc(NCCSSCCNc2ccc(/C=C/c3cc[n+](Cc4ccccc4)c(C)c3)cc2)cc1. The lowest BCUT2D eigenvalue weighted by molar-refractivity contribution is -0.694. The average molecular weight is 724 g/mol. The summed E-state index contributed by atoms with van der Waals surface area (Å²) in [6.45, 7) is 9.95. The Bertz CT molecular complexity index is 1910. The minimum Gasteiger partial charge on any atom is -0.384 e. The van der Waals surface area contributed by atoms with Crippen LogP contribution in [0.3, 0.4) is 0 Å². The van der Waals surface area contributed by atoms with Gasteiger partial charge in [0, 0.05) is 72.8 Å². The second kappa shape index (κ2) is 21.5. The molecular formula is C46H51N4S2+. The molecule has 4 nitrogen and oxygen atoms in total. The fourth-order valence-corrected chi connectivity index (χ4v) is 7.31. The fraction of sp³-hybridized carbons (Fsp3) is 0.196. The van der Waals surface area contributed by atoms with Crippen molar-refractivity contribution < 1.29 is 4.57 Å². The molecule has 6 heteroatoms. The summed E-state index contributed by atoms with van der Waals surface area (Å²) in [4.78, 5) is 0. The highest BCUT2D eigenvalue weighted by Crippen LogP contribution is 2.21. The third-order valence-electron chi connectivity index (χ3n) is 8.47. The number of nitrogens with zero attached hydrogens (tertiary/aromatic N) is 1. The Labute approximate surface area is 319 Å². The van der Waals surface area contributed by atoms with Crippen molar-refractivity contribution in [3.63, 3.8) is 0 Å². The van der Waals surface area contributed by atoms with E-state index in [1.807, 2.05) is 27.7 Å². The van der Waals surface area contributed by atoms with Gasteiger partial charge in [0.05, 0.1) is 0 Å². The van der Waals surface area contributed by atoms with Gasteiger partial charge in [-0.05, 0) is 72.0 Å². The lowest BCUT2D eigenvalue weighted by Gasteiger charge is -2.08. The molecule has 266 valence electrons. The molecule has 0 aliphatic carbocycles. The van der Waals surface area contributed by atoms with E-state index in [2.05, 4.69) is 199 Å². The van der Waals surface area contributed by atoms with Crippen LogP contribution in [-0.2, 0) is 13.1 Å².